The second-order valence-electron chi connectivity index (χ2n) is 9.10. The molecule has 6 nitrogen and oxygen atoms in total. The number of halogens is 1. The van der Waals surface area contributed by atoms with Gasteiger partial charge in [-0.25, -0.2) is 0 Å². The molecule has 33 heavy (non-hydrogen) atoms. The number of nitrogens with zero attached hydrogens (tertiary/aromatic N) is 3. The van der Waals surface area contributed by atoms with Gasteiger partial charge in [-0.1, -0.05) is 79.2 Å². The fourth-order valence-corrected chi connectivity index (χ4v) is 5.27. The standard InChI is InChI=1S/C25H22BrN3O3S/c1-5-18-27-28-24(33-18)29-20(13-6-8-14(9-7-13)25(2,3)4)19-21(30)16-12-15(26)10-11-17(16)32-22(19)23(29)31/h6-12,20H,5H2,1-4H3. The highest BCUT2D eigenvalue weighted by Crippen LogP contribution is 2.42. The average Bonchev–Trinajstić information content (AvgIpc) is 3.36. The van der Waals surface area contributed by atoms with E-state index < -0.39 is 6.04 Å². The molecule has 168 valence electrons. The molecule has 2 aromatic heterocycles. The van der Waals surface area contributed by atoms with E-state index in [1.165, 1.54) is 16.9 Å². The number of fused-ring (bicyclic) bond motifs is 2. The van der Waals surface area contributed by atoms with E-state index in [0.717, 1.165) is 15.0 Å². The van der Waals surface area contributed by atoms with Crippen molar-refractivity contribution in [1.82, 2.24) is 10.2 Å². The van der Waals surface area contributed by atoms with E-state index in [-0.39, 0.29) is 22.5 Å². The highest BCUT2D eigenvalue weighted by Gasteiger charge is 2.45. The van der Waals surface area contributed by atoms with Gasteiger partial charge in [0.2, 0.25) is 10.9 Å². The summed E-state index contributed by atoms with van der Waals surface area (Å²) in [5.41, 5.74) is 2.48. The Balaban J connectivity index is 1.76. The van der Waals surface area contributed by atoms with Crippen molar-refractivity contribution in [2.75, 3.05) is 4.90 Å². The lowest BCUT2D eigenvalue weighted by atomic mass is 9.86. The topological polar surface area (TPSA) is 76.3 Å². The van der Waals surface area contributed by atoms with Crippen LogP contribution in [-0.2, 0) is 11.8 Å². The highest BCUT2D eigenvalue weighted by atomic mass is 79.9. The van der Waals surface area contributed by atoms with Gasteiger partial charge in [0.1, 0.15) is 10.6 Å². The van der Waals surface area contributed by atoms with Gasteiger partial charge in [-0.15, -0.1) is 10.2 Å². The van der Waals surface area contributed by atoms with Crippen LogP contribution in [0.5, 0.6) is 0 Å². The maximum absolute atomic E-state index is 13.7. The van der Waals surface area contributed by atoms with Crippen LogP contribution in [0, 0.1) is 0 Å². The van der Waals surface area contributed by atoms with Crippen LogP contribution in [0.3, 0.4) is 0 Å². The van der Waals surface area contributed by atoms with Gasteiger partial charge in [0.25, 0.3) is 5.91 Å². The molecule has 1 atom stereocenters. The molecule has 1 amide bonds. The summed E-state index contributed by atoms with van der Waals surface area (Å²) in [5.74, 6) is -0.316. The van der Waals surface area contributed by atoms with Crippen LogP contribution in [-0.4, -0.2) is 16.1 Å². The Morgan fingerprint density at radius 3 is 2.45 bits per heavy atom. The lowest BCUT2D eigenvalue weighted by molar-refractivity contribution is 0.0970. The summed E-state index contributed by atoms with van der Waals surface area (Å²) in [5, 5.41) is 10.2. The fourth-order valence-electron chi connectivity index (χ4n) is 4.11. The largest absolute Gasteiger partial charge is 0.450 e. The van der Waals surface area contributed by atoms with Crippen molar-refractivity contribution in [2.45, 2.75) is 45.6 Å². The molecular formula is C25H22BrN3O3S. The van der Waals surface area contributed by atoms with Crippen molar-refractivity contribution < 1.29 is 9.21 Å². The van der Waals surface area contributed by atoms with Gasteiger partial charge in [-0.05, 0) is 41.2 Å². The number of carbonyl (C=O) groups is 1. The van der Waals surface area contributed by atoms with Crippen LogP contribution in [0.4, 0.5) is 5.13 Å². The van der Waals surface area contributed by atoms with E-state index in [1.54, 1.807) is 23.1 Å². The molecule has 1 unspecified atom stereocenters. The number of hydrogen-bond acceptors (Lipinski definition) is 6. The van der Waals surface area contributed by atoms with Crippen LogP contribution in [0.25, 0.3) is 11.0 Å². The maximum atomic E-state index is 13.7. The SMILES string of the molecule is CCc1nnc(N2C(=O)c3oc4ccc(Br)cc4c(=O)c3C2c2ccc(C(C)(C)C)cc2)s1. The molecule has 0 saturated carbocycles. The zero-order valence-corrected chi connectivity index (χ0v) is 21.1. The van der Waals surface area contributed by atoms with Gasteiger partial charge in [0.15, 0.2) is 5.43 Å². The van der Waals surface area contributed by atoms with Gasteiger partial charge in [-0.3, -0.25) is 14.5 Å². The molecule has 8 heteroatoms. The first-order chi connectivity index (χ1) is 15.7. The number of aromatic nitrogens is 2. The molecule has 5 rings (SSSR count). The third kappa shape index (κ3) is 3.61. The molecule has 0 spiro atoms. The Hall–Kier alpha value is -2.84. The van der Waals surface area contributed by atoms with Crippen molar-refractivity contribution >= 4 is 49.3 Å². The number of hydrogen-bond donors (Lipinski definition) is 0. The summed E-state index contributed by atoms with van der Waals surface area (Å²) in [6.45, 7) is 8.43. The van der Waals surface area contributed by atoms with Crippen molar-refractivity contribution in [3.63, 3.8) is 0 Å². The minimum absolute atomic E-state index is 0.0155. The molecule has 0 bridgehead atoms. The number of carbonyl (C=O) groups excluding carboxylic acids is 1. The van der Waals surface area contributed by atoms with Gasteiger partial charge in [0.05, 0.1) is 17.0 Å². The zero-order valence-electron chi connectivity index (χ0n) is 18.7. The molecule has 3 heterocycles. The molecule has 0 aliphatic carbocycles. The normalized spacial score (nSPS) is 16.0. The van der Waals surface area contributed by atoms with Crippen LogP contribution < -0.4 is 10.3 Å². The molecule has 0 N–H and O–H groups in total. The lowest BCUT2D eigenvalue weighted by Crippen LogP contribution is -2.29. The van der Waals surface area contributed by atoms with Crippen molar-refractivity contribution in [2.24, 2.45) is 0 Å². The molecule has 2 aromatic carbocycles. The Bertz CT molecular complexity index is 1450. The van der Waals surface area contributed by atoms with E-state index in [4.69, 9.17) is 4.42 Å². The van der Waals surface area contributed by atoms with Gasteiger partial charge >= 0.3 is 0 Å². The quantitative estimate of drug-likeness (QED) is 0.328. The molecule has 4 aromatic rings. The zero-order chi connectivity index (χ0) is 23.5. The molecule has 0 radical (unpaired) electrons. The average molecular weight is 524 g/mol. The van der Waals surface area contributed by atoms with E-state index in [9.17, 15) is 9.59 Å². The maximum Gasteiger partial charge on any atom is 0.297 e. The highest BCUT2D eigenvalue weighted by molar-refractivity contribution is 9.10. The van der Waals surface area contributed by atoms with E-state index >= 15 is 0 Å². The summed E-state index contributed by atoms with van der Waals surface area (Å²) in [6, 6.07) is 12.6. The number of aryl methyl sites for hydroxylation is 1. The Morgan fingerprint density at radius 2 is 1.82 bits per heavy atom. The van der Waals surface area contributed by atoms with Crippen LogP contribution in [0.1, 0.15) is 66.0 Å². The Labute approximate surface area is 203 Å². The van der Waals surface area contributed by atoms with Crippen molar-refractivity contribution in [3.05, 3.63) is 84.6 Å². The first-order valence-electron chi connectivity index (χ1n) is 10.7. The van der Waals surface area contributed by atoms with Crippen molar-refractivity contribution in [1.29, 1.82) is 0 Å². The van der Waals surface area contributed by atoms with Crippen LogP contribution >= 0.6 is 27.3 Å². The smallest absolute Gasteiger partial charge is 0.297 e. The summed E-state index contributed by atoms with van der Waals surface area (Å²) < 4.78 is 6.78. The van der Waals surface area contributed by atoms with Gasteiger partial charge in [0, 0.05) is 4.47 Å². The predicted octanol–water partition coefficient (Wildman–Crippen LogP) is 6.02. The predicted molar refractivity (Wildman–Crippen MR) is 133 cm³/mol. The molecular weight excluding hydrogens is 502 g/mol. The van der Waals surface area contributed by atoms with Crippen molar-refractivity contribution in [3.8, 4) is 0 Å². The lowest BCUT2D eigenvalue weighted by Gasteiger charge is -2.24. The number of amides is 1. The number of anilines is 1. The van der Waals surface area contributed by atoms with E-state index in [2.05, 4.69) is 46.9 Å². The summed E-state index contributed by atoms with van der Waals surface area (Å²) >= 11 is 4.78. The molecule has 1 aliphatic heterocycles. The second-order valence-corrected chi connectivity index (χ2v) is 11.1. The summed E-state index contributed by atoms with van der Waals surface area (Å²) in [6.07, 6.45) is 0.715. The monoisotopic (exact) mass is 523 g/mol. The fraction of sp³-hybridized carbons (Fsp3) is 0.280. The summed E-state index contributed by atoms with van der Waals surface area (Å²) in [7, 11) is 0. The summed E-state index contributed by atoms with van der Waals surface area (Å²) in [4.78, 5) is 28.8. The molecule has 0 fully saturated rings. The van der Waals surface area contributed by atoms with E-state index in [1.807, 2.05) is 31.2 Å². The first kappa shape index (κ1) is 22.0. The molecule has 0 saturated heterocycles. The first-order valence-corrected chi connectivity index (χ1v) is 12.3. The minimum atomic E-state index is -0.640. The number of rotatable bonds is 3. The third-order valence-corrected chi connectivity index (χ3v) is 7.45. The van der Waals surface area contributed by atoms with Gasteiger partial charge < -0.3 is 4.42 Å². The number of benzene rings is 2. The third-order valence-electron chi connectivity index (χ3n) is 5.89. The van der Waals surface area contributed by atoms with Gasteiger partial charge in [-0.2, -0.15) is 0 Å². The Kier molecular flexibility index (Phi) is 5.25. The molecule has 1 aliphatic rings. The van der Waals surface area contributed by atoms with E-state index in [0.29, 0.717) is 28.1 Å². The Morgan fingerprint density at radius 1 is 1.09 bits per heavy atom. The second kappa shape index (κ2) is 7.88. The minimum Gasteiger partial charge on any atom is -0.450 e. The van der Waals surface area contributed by atoms with Crippen LogP contribution in [0.2, 0.25) is 0 Å². The van der Waals surface area contributed by atoms with Crippen LogP contribution in [0.15, 0.2) is 56.1 Å².